The molecular formula is C17H24BF3O3. The number of halogens is 3. The van der Waals surface area contributed by atoms with E-state index < -0.39 is 30.1 Å². The summed E-state index contributed by atoms with van der Waals surface area (Å²) in [6, 6.07) is 3.63. The minimum absolute atomic E-state index is 0.170. The molecule has 1 aliphatic heterocycles. The topological polar surface area (TPSA) is 27.7 Å². The van der Waals surface area contributed by atoms with Crippen LogP contribution in [0.2, 0.25) is 0 Å². The van der Waals surface area contributed by atoms with Crippen molar-refractivity contribution in [3.05, 3.63) is 23.8 Å². The van der Waals surface area contributed by atoms with Gasteiger partial charge >= 0.3 is 13.3 Å². The third kappa shape index (κ3) is 4.06. The van der Waals surface area contributed by atoms with E-state index in [2.05, 4.69) is 0 Å². The minimum Gasteiger partial charge on any atom is -0.493 e. The van der Waals surface area contributed by atoms with Crippen LogP contribution in [0.1, 0.15) is 47.1 Å². The molecule has 3 nitrogen and oxygen atoms in total. The summed E-state index contributed by atoms with van der Waals surface area (Å²) in [4.78, 5) is 0. The van der Waals surface area contributed by atoms with E-state index >= 15 is 0 Å². The van der Waals surface area contributed by atoms with Gasteiger partial charge in [-0.1, -0.05) is 13.8 Å². The molecule has 1 heterocycles. The van der Waals surface area contributed by atoms with Crippen LogP contribution < -0.4 is 10.2 Å². The van der Waals surface area contributed by atoms with E-state index in [9.17, 15) is 13.2 Å². The molecular weight excluding hydrogens is 320 g/mol. The van der Waals surface area contributed by atoms with Crippen LogP contribution in [-0.2, 0) is 15.5 Å². The smallest absolute Gasteiger partial charge is 0.493 e. The van der Waals surface area contributed by atoms with Gasteiger partial charge in [-0.05, 0) is 57.3 Å². The van der Waals surface area contributed by atoms with Crippen LogP contribution in [0.5, 0.6) is 5.75 Å². The summed E-state index contributed by atoms with van der Waals surface area (Å²) in [5.41, 5.74) is -1.70. The Labute approximate surface area is 141 Å². The van der Waals surface area contributed by atoms with Gasteiger partial charge in [0.2, 0.25) is 0 Å². The second kappa shape index (κ2) is 6.26. The first-order chi connectivity index (χ1) is 10.8. The molecule has 0 amide bonds. The molecule has 0 atom stereocenters. The molecule has 1 aromatic rings. The van der Waals surface area contributed by atoms with E-state index in [0.717, 1.165) is 12.1 Å². The summed E-state index contributed by atoms with van der Waals surface area (Å²) in [6.07, 6.45) is -4.46. The Morgan fingerprint density at radius 1 is 1.04 bits per heavy atom. The fourth-order valence-electron chi connectivity index (χ4n) is 2.25. The van der Waals surface area contributed by atoms with Crippen LogP contribution >= 0.6 is 0 Å². The van der Waals surface area contributed by atoms with Crippen LogP contribution in [0, 0.1) is 5.92 Å². The largest absolute Gasteiger partial charge is 0.494 e. The minimum atomic E-state index is -4.46. The van der Waals surface area contributed by atoms with Crippen LogP contribution in [0.25, 0.3) is 0 Å². The van der Waals surface area contributed by atoms with Crippen molar-refractivity contribution < 1.29 is 27.2 Å². The van der Waals surface area contributed by atoms with Gasteiger partial charge in [0.1, 0.15) is 5.75 Å². The molecule has 0 aromatic heterocycles. The van der Waals surface area contributed by atoms with Crippen molar-refractivity contribution in [2.75, 3.05) is 6.61 Å². The van der Waals surface area contributed by atoms with Crippen molar-refractivity contribution in [2.24, 2.45) is 5.92 Å². The normalized spacial score (nSPS) is 19.8. The van der Waals surface area contributed by atoms with Crippen molar-refractivity contribution in [2.45, 2.75) is 58.9 Å². The maximum absolute atomic E-state index is 13.2. The lowest BCUT2D eigenvalue weighted by Gasteiger charge is -2.32. The van der Waals surface area contributed by atoms with Crippen molar-refractivity contribution in [3.8, 4) is 5.75 Å². The molecule has 7 heteroatoms. The summed E-state index contributed by atoms with van der Waals surface area (Å²) in [6.45, 7) is 11.6. The molecule has 0 saturated carbocycles. The molecule has 1 aliphatic rings. The van der Waals surface area contributed by atoms with E-state index in [1.165, 1.54) is 0 Å². The number of hydrogen-bond acceptors (Lipinski definition) is 3. The van der Waals surface area contributed by atoms with Gasteiger partial charge in [-0.25, -0.2) is 0 Å². The highest BCUT2D eigenvalue weighted by molar-refractivity contribution is 6.62. The van der Waals surface area contributed by atoms with Gasteiger partial charge in [-0.2, -0.15) is 13.2 Å². The van der Waals surface area contributed by atoms with Gasteiger partial charge < -0.3 is 14.0 Å². The average molecular weight is 344 g/mol. The lowest BCUT2D eigenvalue weighted by Crippen LogP contribution is -2.41. The third-order valence-electron chi connectivity index (χ3n) is 4.36. The molecule has 1 fully saturated rings. The first kappa shape index (κ1) is 19.1. The van der Waals surface area contributed by atoms with Crippen LogP contribution in [0.15, 0.2) is 18.2 Å². The Morgan fingerprint density at radius 3 is 2.04 bits per heavy atom. The molecule has 24 heavy (non-hydrogen) atoms. The summed E-state index contributed by atoms with van der Waals surface area (Å²) >= 11 is 0. The molecule has 0 N–H and O–H groups in total. The number of hydrogen-bond donors (Lipinski definition) is 0. The van der Waals surface area contributed by atoms with Gasteiger partial charge in [0.15, 0.2) is 0 Å². The zero-order valence-corrected chi connectivity index (χ0v) is 15.0. The lowest BCUT2D eigenvalue weighted by atomic mass is 9.78. The maximum atomic E-state index is 13.2. The fraction of sp³-hybridized carbons (Fsp3) is 0.647. The Balaban J connectivity index is 2.37. The Bertz CT molecular complexity index is 581. The van der Waals surface area contributed by atoms with Gasteiger partial charge in [-0.15, -0.1) is 0 Å². The molecule has 0 bridgehead atoms. The summed E-state index contributed by atoms with van der Waals surface area (Å²) < 4.78 is 56.8. The molecule has 0 aliphatic carbocycles. The number of ether oxygens (including phenoxy) is 1. The number of rotatable bonds is 4. The molecule has 0 radical (unpaired) electrons. The van der Waals surface area contributed by atoms with Crippen molar-refractivity contribution in [3.63, 3.8) is 0 Å². The summed E-state index contributed by atoms with van der Waals surface area (Å²) in [5.74, 6) is 0.378. The average Bonchev–Trinajstić information content (AvgIpc) is 2.64. The number of benzene rings is 1. The highest BCUT2D eigenvalue weighted by Crippen LogP contribution is 2.37. The highest BCUT2D eigenvalue weighted by Gasteiger charge is 2.52. The zero-order valence-electron chi connectivity index (χ0n) is 15.0. The number of alkyl halides is 3. The zero-order chi connectivity index (χ0) is 18.3. The standard InChI is InChI=1S/C17H24BF3O3/c1-11(2)10-22-14-8-12(17(19,20)21)7-13(9-14)18-23-15(3,4)16(5,6)24-18/h7-9,11H,10H2,1-6H3. The lowest BCUT2D eigenvalue weighted by molar-refractivity contribution is -0.137. The van der Waals surface area contributed by atoms with E-state index in [1.54, 1.807) is 6.07 Å². The first-order valence-corrected chi connectivity index (χ1v) is 8.02. The van der Waals surface area contributed by atoms with E-state index in [-0.39, 0.29) is 11.7 Å². The maximum Gasteiger partial charge on any atom is 0.494 e. The Morgan fingerprint density at radius 2 is 1.58 bits per heavy atom. The first-order valence-electron chi connectivity index (χ1n) is 8.02. The third-order valence-corrected chi connectivity index (χ3v) is 4.36. The Kier molecular flexibility index (Phi) is 4.99. The van der Waals surface area contributed by atoms with E-state index in [1.807, 2.05) is 41.5 Å². The monoisotopic (exact) mass is 344 g/mol. The van der Waals surface area contributed by atoms with Crippen molar-refractivity contribution in [1.29, 1.82) is 0 Å². The molecule has 1 saturated heterocycles. The molecule has 2 rings (SSSR count). The van der Waals surface area contributed by atoms with Crippen LogP contribution in [0.4, 0.5) is 13.2 Å². The van der Waals surface area contributed by atoms with Crippen molar-refractivity contribution in [1.82, 2.24) is 0 Å². The molecule has 0 spiro atoms. The fourth-order valence-corrected chi connectivity index (χ4v) is 2.25. The predicted octanol–water partition coefficient (Wildman–Crippen LogP) is 4.04. The van der Waals surface area contributed by atoms with Crippen LogP contribution in [0.3, 0.4) is 0 Å². The van der Waals surface area contributed by atoms with E-state index in [0.29, 0.717) is 12.1 Å². The molecule has 134 valence electrons. The van der Waals surface area contributed by atoms with Crippen LogP contribution in [-0.4, -0.2) is 24.9 Å². The summed E-state index contributed by atoms with van der Waals surface area (Å²) in [5, 5.41) is 0. The SMILES string of the molecule is CC(C)COc1cc(B2OC(C)(C)C(C)(C)O2)cc(C(F)(F)F)c1. The van der Waals surface area contributed by atoms with Gasteiger partial charge in [0, 0.05) is 0 Å². The van der Waals surface area contributed by atoms with Gasteiger partial charge in [-0.3, -0.25) is 0 Å². The predicted molar refractivity (Wildman–Crippen MR) is 87.5 cm³/mol. The molecule has 0 unspecified atom stereocenters. The quantitative estimate of drug-likeness (QED) is 0.772. The van der Waals surface area contributed by atoms with Gasteiger partial charge in [0.25, 0.3) is 0 Å². The van der Waals surface area contributed by atoms with Gasteiger partial charge in [0.05, 0.1) is 23.4 Å². The summed E-state index contributed by atoms with van der Waals surface area (Å²) in [7, 11) is -0.862. The van der Waals surface area contributed by atoms with Crippen molar-refractivity contribution >= 4 is 12.6 Å². The molecule has 1 aromatic carbocycles. The van der Waals surface area contributed by atoms with E-state index in [4.69, 9.17) is 14.0 Å². The second-order valence-electron chi connectivity index (χ2n) is 7.58. The second-order valence-corrected chi connectivity index (χ2v) is 7.58. The Hall–Kier alpha value is -1.21. The highest BCUT2D eigenvalue weighted by atomic mass is 19.4.